The van der Waals surface area contributed by atoms with Gasteiger partial charge in [-0.05, 0) is 65.0 Å². The summed E-state index contributed by atoms with van der Waals surface area (Å²) in [6.45, 7) is 9.23. The van der Waals surface area contributed by atoms with Crippen LogP contribution in [0.15, 0.2) is 18.6 Å². The fourth-order valence-corrected chi connectivity index (χ4v) is 4.56. The molecule has 9 heteroatoms. The number of amides is 1. The van der Waals surface area contributed by atoms with E-state index in [2.05, 4.69) is 24.8 Å². The summed E-state index contributed by atoms with van der Waals surface area (Å²) in [4.78, 5) is 22.9. The predicted molar refractivity (Wildman–Crippen MR) is 118 cm³/mol. The summed E-state index contributed by atoms with van der Waals surface area (Å²) in [7, 11) is 0. The van der Waals surface area contributed by atoms with Gasteiger partial charge in [0.25, 0.3) is 0 Å². The molecule has 2 saturated heterocycles. The topological polar surface area (TPSA) is 108 Å². The van der Waals surface area contributed by atoms with Crippen LogP contribution in [-0.4, -0.2) is 63.4 Å². The molecule has 0 aliphatic carbocycles. The number of alkyl carbamates (subject to hydrolysis) is 1. The van der Waals surface area contributed by atoms with E-state index in [0.29, 0.717) is 18.3 Å². The number of ether oxygens (including phenoxy) is 2. The summed E-state index contributed by atoms with van der Waals surface area (Å²) in [6, 6.07) is 1.95. The first-order chi connectivity index (χ1) is 14.8. The first-order valence-corrected chi connectivity index (χ1v) is 11.2. The Labute approximate surface area is 183 Å². The third-order valence-corrected chi connectivity index (χ3v) is 5.93. The number of carbonyl (C=O) groups excluding carboxylic acids is 1. The van der Waals surface area contributed by atoms with Gasteiger partial charge in [-0.15, -0.1) is 0 Å². The van der Waals surface area contributed by atoms with Crippen molar-refractivity contribution in [2.75, 3.05) is 31.9 Å². The largest absolute Gasteiger partial charge is 0.444 e. The van der Waals surface area contributed by atoms with Crippen LogP contribution in [-0.2, 0) is 9.47 Å². The minimum absolute atomic E-state index is 0.0220. The van der Waals surface area contributed by atoms with E-state index in [1.165, 1.54) is 6.33 Å². The number of aromatic nitrogens is 3. The molecule has 2 aromatic heterocycles. The maximum absolute atomic E-state index is 11.9. The highest BCUT2D eigenvalue weighted by Gasteiger charge is 2.31. The van der Waals surface area contributed by atoms with E-state index in [9.17, 15) is 4.79 Å². The number of nitrogens with zero attached hydrogens (tertiary/aromatic N) is 4. The molecule has 3 N–H and O–H groups in total. The molecule has 3 atom stereocenters. The van der Waals surface area contributed by atoms with Gasteiger partial charge in [0.05, 0.1) is 11.5 Å². The molecule has 0 bridgehead atoms. The number of nitrogens with two attached hydrogens (primary N) is 1. The number of anilines is 1. The van der Waals surface area contributed by atoms with E-state index in [4.69, 9.17) is 15.2 Å². The first-order valence-electron chi connectivity index (χ1n) is 11.2. The molecule has 2 aliphatic heterocycles. The van der Waals surface area contributed by atoms with Crippen LogP contribution < -0.4 is 11.1 Å². The molecule has 0 spiro atoms. The van der Waals surface area contributed by atoms with Crippen LogP contribution in [0.2, 0.25) is 0 Å². The number of fused-ring (bicyclic) bond motifs is 1. The molecule has 2 fully saturated rings. The van der Waals surface area contributed by atoms with Crippen LogP contribution in [0.25, 0.3) is 11.0 Å². The van der Waals surface area contributed by atoms with Crippen molar-refractivity contribution in [1.82, 2.24) is 24.8 Å². The van der Waals surface area contributed by atoms with Gasteiger partial charge in [-0.2, -0.15) is 0 Å². The SMILES string of the molecule is CC(C)(C)OC(=O)NCC1CCCN(CC2CCC(n3ccc4c(N)ncnc43)O2)C1. The molecular formula is C22H34N6O3. The lowest BCUT2D eigenvalue weighted by molar-refractivity contribution is -0.0168. The monoisotopic (exact) mass is 430 g/mol. The number of nitrogen functional groups attached to an aromatic ring is 1. The molecule has 9 nitrogen and oxygen atoms in total. The minimum Gasteiger partial charge on any atom is -0.444 e. The highest BCUT2D eigenvalue weighted by molar-refractivity contribution is 5.86. The van der Waals surface area contributed by atoms with Crippen LogP contribution in [0.1, 0.15) is 52.7 Å². The van der Waals surface area contributed by atoms with E-state index in [1.807, 2.05) is 33.0 Å². The molecule has 0 saturated carbocycles. The summed E-state index contributed by atoms with van der Waals surface area (Å²) in [5, 5.41) is 3.79. The summed E-state index contributed by atoms with van der Waals surface area (Å²) >= 11 is 0. The fourth-order valence-electron chi connectivity index (χ4n) is 4.56. The number of rotatable bonds is 5. The highest BCUT2D eigenvalue weighted by atomic mass is 16.6. The third-order valence-electron chi connectivity index (χ3n) is 5.93. The smallest absolute Gasteiger partial charge is 0.407 e. The number of likely N-dealkylation sites (tertiary alicyclic amines) is 1. The van der Waals surface area contributed by atoms with Crippen molar-refractivity contribution in [3.63, 3.8) is 0 Å². The summed E-state index contributed by atoms with van der Waals surface area (Å²) in [5.41, 5.74) is 6.31. The van der Waals surface area contributed by atoms with Crippen molar-refractivity contribution >= 4 is 22.9 Å². The maximum atomic E-state index is 11.9. The lowest BCUT2D eigenvalue weighted by Gasteiger charge is -2.34. The summed E-state index contributed by atoms with van der Waals surface area (Å²) < 4.78 is 13.8. The van der Waals surface area contributed by atoms with E-state index in [0.717, 1.165) is 56.4 Å². The van der Waals surface area contributed by atoms with E-state index in [1.54, 1.807) is 0 Å². The Morgan fingerprint density at radius 1 is 1.32 bits per heavy atom. The molecular weight excluding hydrogens is 396 g/mol. The highest BCUT2D eigenvalue weighted by Crippen LogP contribution is 2.32. The van der Waals surface area contributed by atoms with Crippen LogP contribution in [0.4, 0.5) is 10.6 Å². The molecule has 170 valence electrons. The molecule has 2 aromatic rings. The van der Waals surface area contributed by atoms with Gasteiger partial charge >= 0.3 is 6.09 Å². The van der Waals surface area contributed by atoms with Gasteiger partial charge in [0.15, 0.2) is 0 Å². The zero-order valence-electron chi connectivity index (χ0n) is 18.7. The van der Waals surface area contributed by atoms with Gasteiger partial charge in [0, 0.05) is 25.8 Å². The molecule has 0 radical (unpaired) electrons. The van der Waals surface area contributed by atoms with Crippen LogP contribution in [0.5, 0.6) is 0 Å². The van der Waals surface area contributed by atoms with Crippen molar-refractivity contribution in [1.29, 1.82) is 0 Å². The Kier molecular flexibility index (Phi) is 6.34. The minimum atomic E-state index is -0.470. The zero-order valence-corrected chi connectivity index (χ0v) is 18.7. The molecule has 31 heavy (non-hydrogen) atoms. The van der Waals surface area contributed by atoms with Crippen molar-refractivity contribution in [2.45, 2.75) is 64.4 Å². The van der Waals surface area contributed by atoms with Gasteiger partial charge in [0.1, 0.15) is 29.6 Å². The van der Waals surface area contributed by atoms with E-state index in [-0.39, 0.29) is 18.4 Å². The van der Waals surface area contributed by atoms with Crippen LogP contribution >= 0.6 is 0 Å². The number of hydrogen-bond donors (Lipinski definition) is 2. The zero-order chi connectivity index (χ0) is 22.0. The summed E-state index contributed by atoms with van der Waals surface area (Å²) in [6.07, 6.45) is 7.55. The van der Waals surface area contributed by atoms with Gasteiger partial charge in [0.2, 0.25) is 0 Å². The second kappa shape index (κ2) is 9.00. The number of piperidine rings is 1. The van der Waals surface area contributed by atoms with Gasteiger partial charge in [-0.3, -0.25) is 0 Å². The molecule has 4 heterocycles. The normalized spacial score (nSPS) is 25.1. The number of hydrogen-bond acceptors (Lipinski definition) is 7. The van der Waals surface area contributed by atoms with Crippen molar-refractivity contribution < 1.29 is 14.3 Å². The lowest BCUT2D eigenvalue weighted by Crippen LogP contribution is -2.44. The maximum Gasteiger partial charge on any atom is 0.407 e. The van der Waals surface area contributed by atoms with Crippen molar-refractivity contribution in [3.8, 4) is 0 Å². The first kappa shape index (κ1) is 21.8. The standard InChI is InChI=1S/C22H34N6O3/c1-22(2,3)31-21(29)24-11-15-5-4-9-27(12-15)13-16-6-7-18(30-16)28-10-8-17-19(23)25-14-26-20(17)28/h8,10,14-16,18H,4-7,9,11-13H2,1-3H3,(H,24,29)(H2,23,25,26). The molecule has 2 aliphatic rings. The van der Waals surface area contributed by atoms with Gasteiger partial charge < -0.3 is 30.0 Å². The Morgan fingerprint density at radius 3 is 2.97 bits per heavy atom. The Balaban J connectivity index is 1.27. The van der Waals surface area contributed by atoms with E-state index >= 15 is 0 Å². The molecule has 0 aromatic carbocycles. The predicted octanol–water partition coefficient (Wildman–Crippen LogP) is 2.93. The second-order valence-electron chi connectivity index (χ2n) is 9.66. The second-order valence-corrected chi connectivity index (χ2v) is 9.66. The van der Waals surface area contributed by atoms with Crippen molar-refractivity contribution in [3.05, 3.63) is 18.6 Å². The Hall–Kier alpha value is -2.39. The molecule has 4 rings (SSSR count). The van der Waals surface area contributed by atoms with Gasteiger partial charge in [-0.25, -0.2) is 14.8 Å². The average molecular weight is 431 g/mol. The summed E-state index contributed by atoms with van der Waals surface area (Å²) in [5.74, 6) is 0.934. The molecule has 1 amide bonds. The van der Waals surface area contributed by atoms with Crippen molar-refractivity contribution in [2.24, 2.45) is 5.92 Å². The lowest BCUT2D eigenvalue weighted by atomic mass is 9.97. The third kappa shape index (κ3) is 5.46. The van der Waals surface area contributed by atoms with Gasteiger partial charge in [-0.1, -0.05) is 0 Å². The Bertz CT molecular complexity index is 908. The van der Waals surface area contributed by atoms with Crippen LogP contribution in [0, 0.1) is 5.92 Å². The van der Waals surface area contributed by atoms with E-state index < -0.39 is 5.60 Å². The quantitative estimate of drug-likeness (QED) is 0.751. The Morgan fingerprint density at radius 2 is 2.16 bits per heavy atom. The molecule has 3 unspecified atom stereocenters. The fraction of sp³-hybridized carbons (Fsp3) is 0.682. The number of carbonyl (C=O) groups is 1. The van der Waals surface area contributed by atoms with Crippen LogP contribution in [0.3, 0.4) is 0 Å². The number of nitrogens with one attached hydrogen (secondary N) is 1. The average Bonchev–Trinajstić information content (AvgIpc) is 3.33.